The minimum absolute atomic E-state index is 0.162. The average molecular weight is 115 g/mol. The molecule has 0 saturated heterocycles. The van der Waals surface area contributed by atoms with Crippen molar-refractivity contribution in [2.24, 2.45) is 10.7 Å². The lowest BCUT2D eigenvalue weighted by Gasteiger charge is -2.05. The van der Waals surface area contributed by atoms with Gasteiger partial charge in [-0.05, 0) is 0 Å². The van der Waals surface area contributed by atoms with Crippen LogP contribution in [0.2, 0.25) is 0 Å². The van der Waals surface area contributed by atoms with Gasteiger partial charge >= 0.3 is 0 Å². The summed E-state index contributed by atoms with van der Waals surface area (Å²) in [5.41, 5.74) is 5.22. The van der Waals surface area contributed by atoms with Crippen LogP contribution < -0.4 is 5.73 Å². The number of carbonyl (C=O) groups excluding carboxylic acids is 1. The van der Waals surface area contributed by atoms with Crippen LogP contribution in [-0.4, -0.2) is 30.4 Å². The van der Waals surface area contributed by atoms with Gasteiger partial charge in [0.1, 0.15) is 6.54 Å². The zero-order chi connectivity index (χ0) is 6.15. The standard InChI is InChI=1S/C4H7N3O/c1-7-2-3(8)6-4(7)5/h2H2,1H3,(H2,5,6,8)/i1+1,2+1. The van der Waals surface area contributed by atoms with E-state index in [9.17, 15) is 4.79 Å². The predicted octanol–water partition coefficient (Wildman–Crippen LogP) is -1.23. The van der Waals surface area contributed by atoms with E-state index < -0.39 is 0 Å². The van der Waals surface area contributed by atoms with Gasteiger partial charge in [-0.1, -0.05) is 0 Å². The fourth-order valence-electron chi connectivity index (χ4n) is 0.532. The van der Waals surface area contributed by atoms with Crippen molar-refractivity contribution >= 4 is 11.9 Å². The Balaban J connectivity index is 2.73. The lowest BCUT2D eigenvalue weighted by atomic mass is 11.0. The van der Waals surface area contributed by atoms with Crippen molar-refractivity contribution in [1.29, 1.82) is 0 Å². The summed E-state index contributed by atoms with van der Waals surface area (Å²) in [5.74, 6) is 0.153. The normalized spacial score (nSPS) is 19.4. The van der Waals surface area contributed by atoms with Gasteiger partial charge < -0.3 is 10.6 Å². The van der Waals surface area contributed by atoms with Crippen LogP contribution >= 0.6 is 0 Å². The van der Waals surface area contributed by atoms with Crippen LogP contribution in [-0.2, 0) is 4.79 Å². The number of carbonyl (C=O) groups is 1. The number of nitrogens with zero attached hydrogens (tertiary/aromatic N) is 2. The molecule has 0 radical (unpaired) electrons. The van der Waals surface area contributed by atoms with E-state index in [0.29, 0.717) is 12.5 Å². The molecule has 0 spiro atoms. The first-order valence-corrected chi connectivity index (χ1v) is 2.28. The molecule has 2 N–H and O–H groups in total. The Hall–Kier alpha value is -1.06. The highest BCUT2D eigenvalue weighted by molar-refractivity contribution is 5.99. The molecule has 0 aromatic carbocycles. The molecule has 1 amide bonds. The molecular formula is C4H7N3O. The maximum Gasteiger partial charge on any atom is 0.268 e. The predicted molar refractivity (Wildman–Crippen MR) is 29.3 cm³/mol. The van der Waals surface area contributed by atoms with Crippen molar-refractivity contribution in [1.82, 2.24) is 4.90 Å². The number of rotatable bonds is 0. The third kappa shape index (κ3) is 0.641. The number of amides is 1. The third-order valence-corrected chi connectivity index (χ3v) is 1.00. The second-order valence-corrected chi connectivity index (χ2v) is 1.72. The molecule has 1 rings (SSSR count). The molecule has 0 fully saturated rings. The average Bonchev–Trinajstić information content (AvgIpc) is 1.85. The largest absolute Gasteiger partial charge is 0.369 e. The van der Waals surface area contributed by atoms with Crippen LogP contribution in [0.25, 0.3) is 0 Å². The topological polar surface area (TPSA) is 58.7 Å². The second kappa shape index (κ2) is 1.47. The molecule has 8 heavy (non-hydrogen) atoms. The van der Waals surface area contributed by atoms with E-state index in [4.69, 9.17) is 5.73 Å². The van der Waals surface area contributed by atoms with Crippen LogP contribution in [0.1, 0.15) is 0 Å². The highest BCUT2D eigenvalue weighted by Gasteiger charge is 2.15. The maximum absolute atomic E-state index is 10.4. The summed E-state index contributed by atoms with van der Waals surface area (Å²) in [6.45, 7) is 0.325. The molecule has 1 aliphatic heterocycles. The van der Waals surface area contributed by atoms with E-state index >= 15 is 0 Å². The van der Waals surface area contributed by atoms with Gasteiger partial charge in [-0.3, -0.25) is 4.79 Å². The van der Waals surface area contributed by atoms with Crippen LogP contribution in [0.15, 0.2) is 4.99 Å². The Labute approximate surface area is 47.0 Å². The molecule has 1 aliphatic rings. The fourth-order valence-corrected chi connectivity index (χ4v) is 0.532. The molecule has 0 aromatic rings. The van der Waals surface area contributed by atoms with E-state index in [1.165, 1.54) is 0 Å². The van der Waals surface area contributed by atoms with E-state index in [1.54, 1.807) is 11.9 Å². The smallest absolute Gasteiger partial charge is 0.268 e. The lowest BCUT2D eigenvalue weighted by Crippen LogP contribution is -2.29. The highest BCUT2D eigenvalue weighted by atomic mass is 16.2. The molecule has 4 nitrogen and oxygen atoms in total. The van der Waals surface area contributed by atoms with Gasteiger partial charge in [0.05, 0.1) is 0 Å². The van der Waals surface area contributed by atoms with Crippen molar-refractivity contribution in [2.45, 2.75) is 0 Å². The quantitative estimate of drug-likeness (QED) is 0.402. The Morgan fingerprint density at radius 2 is 2.50 bits per heavy atom. The molecule has 0 aliphatic carbocycles. The molecule has 44 valence electrons. The first kappa shape index (κ1) is 5.08. The van der Waals surface area contributed by atoms with Crippen molar-refractivity contribution < 1.29 is 4.79 Å². The summed E-state index contributed by atoms with van der Waals surface area (Å²) in [5, 5.41) is 0. The molecule has 0 bridgehead atoms. The van der Waals surface area contributed by atoms with Crippen molar-refractivity contribution in [3.05, 3.63) is 0 Å². The minimum Gasteiger partial charge on any atom is -0.369 e. The van der Waals surface area contributed by atoms with E-state index in [2.05, 4.69) is 4.99 Å². The highest BCUT2D eigenvalue weighted by Crippen LogP contribution is 1.92. The van der Waals surface area contributed by atoms with Crippen molar-refractivity contribution in [3.8, 4) is 0 Å². The lowest BCUT2D eigenvalue weighted by molar-refractivity contribution is -0.116. The first-order chi connectivity index (χ1) is 3.70. The second-order valence-electron chi connectivity index (χ2n) is 1.72. The molecule has 0 saturated carbocycles. The summed E-state index contributed by atoms with van der Waals surface area (Å²) in [6, 6.07) is 0. The molecule has 0 aromatic heterocycles. The molecule has 0 atom stereocenters. The van der Waals surface area contributed by atoms with Gasteiger partial charge in [0.15, 0.2) is 5.96 Å². The van der Waals surface area contributed by atoms with Gasteiger partial charge in [-0.2, -0.15) is 4.99 Å². The van der Waals surface area contributed by atoms with Crippen LogP contribution in [0, 0.1) is 0 Å². The number of likely N-dealkylation sites (N-methyl/N-ethyl adjacent to an activating group) is 1. The summed E-state index contributed by atoms with van der Waals surface area (Å²) >= 11 is 0. The Morgan fingerprint density at radius 3 is 2.62 bits per heavy atom. The van der Waals surface area contributed by atoms with Crippen LogP contribution in [0.5, 0.6) is 0 Å². The summed E-state index contributed by atoms with van der Waals surface area (Å²) in [4.78, 5) is 15.4. The van der Waals surface area contributed by atoms with Crippen molar-refractivity contribution in [3.63, 3.8) is 0 Å². The molecule has 1 heterocycles. The molecular weight excluding hydrogens is 108 g/mol. The Kier molecular flexibility index (Phi) is 0.932. The zero-order valence-electron chi connectivity index (χ0n) is 4.59. The molecule has 0 unspecified atom stereocenters. The first-order valence-electron chi connectivity index (χ1n) is 2.28. The van der Waals surface area contributed by atoms with E-state index in [0.717, 1.165) is 0 Å². The molecule has 4 heteroatoms. The summed E-state index contributed by atoms with van der Waals surface area (Å²) in [6.07, 6.45) is 0. The van der Waals surface area contributed by atoms with E-state index in [1.807, 2.05) is 0 Å². The SMILES string of the molecule is [13CH3]N1[13CH2]C(=O)N=C1N. The van der Waals surface area contributed by atoms with Crippen LogP contribution in [0.4, 0.5) is 0 Å². The number of hydrogen-bond donors (Lipinski definition) is 1. The number of guanidine groups is 1. The fraction of sp³-hybridized carbons (Fsp3) is 0.500. The number of nitrogens with two attached hydrogens (primary N) is 1. The van der Waals surface area contributed by atoms with Gasteiger partial charge in [-0.15, -0.1) is 0 Å². The van der Waals surface area contributed by atoms with Gasteiger partial charge in [0.2, 0.25) is 0 Å². The maximum atomic E-state index is 10.4. The number of aliphatic imine (C=N–C) groups is 1. The monoisotopic (exact) mass is 115 g/mol. The van der Waals surface area contributed by atoms with Crippen molar-refractivity contribution in [2.75, 3.05) is 13.6 Å². The van der Waals surface area contributed by atoms with E-state index in [-0.39, 0.29) is 5.91 Å². The summed E-state index contributed by atoms with van der Waals surface area (Å²) in [7, 11) is 1.73. The van der Waals surface area contributed by atoms with Crippen LogP contribution in [0.3, 0.4) is 0 Å². The summed E-state index contributed by atoms with van der Waals surface area (Å²) < 4.78 is 0. The van der Waals surface area contributed by atoms with Gasteiger partial charge in [0.25, 0.3) is 5.91 Å². The van der Waals surface area contributed by atoms with Gasteiger partial charge in [0, 0.05) is 7.05 Å². The minimum atomic E-state index is -0.162. The zero-order valence-corrected chi connectivity index (χ0v) is 4.59. The number of hydrogen-bond acceptors (Lipinski definition) is 3. The Bertz CT molecular complexity index is 151. The Morgan fingerprint density at radius 1 is 1.88 bits per heavy atom. The van der Waals surface area contributed by atoms with Gasteiger partial charge in [-0.25, -0.2) is 0 Å². The third-order valence-electron chi connectivity index (χ3n) is 1.00.